The lowest BCUT2D eigenvalue weighted by atomic mass is 9.95. The van der Waals surface area contributed by atoms with Crippen molar-refractivity contribution in [2.24, 2.45) is 4.99 Å². The third kappa shape index (κ3) is 4.27. The standard InChI is InChI=1S/C25H25N9/c1-2-3-13-34(17-7-5-4-6-8-17)18-11-9-16(10-12-18)22-20-21(28)19(14-26)23(29)32-24(20)33-25(31-22)30-15-27/h4-12,22H,2-3,13H2,1H3,(H6,28,29,30,31,32,33). The number of nitrogens with two attached hydrogens (primary N) is 2. The third-order valence-electron chi connectivity index (χ3n) is 5.68. The first-order valence-corrected chi connectivity index (χ1v) is 11.0. The van der Waals surface area contributed by atoms with E-state index in [1.165, 1.54) is 0 Å². The lowest BCUT2D eigenvalue weighted by Gasteiger charge is -2.28. The molecule has 4 rings (SSSR count). The molecule has 0 fully saturated rings. The van der Waals surface area contributed by atoms with Gasteiger partial charge in [-0.3, -0.25) is 5.32 Å². The molecule has 1 aliphatic rings. The van der Waals surface area contributed by atoms with Gasteiger partial charge in [-0.2, -0.15) is 10.5 Å². The average molecular weight is 452 g/mol. The van der Waals surface area contributed by atoms with Crippen LogP contribution < -0.4 is 27.0 Å². The lowest BCUT2D eigenvalue weighted by Crippen LogP contribution is -2.32. The van der Waals surface area contributed by atoms with Crippen LogP contribution in [0.3, 0.4) is 0 Å². The van der Waals surface area contributed by atoms with Gasteiger partial charge in [0, 0.05) is 23.5 Å². The summed E-state index contributed by atoms with van der Waals surface area (Å²) in [6, 6.07) is 19.7. The van der Waals surface area contributed by atoms with Crippen molar-refractivity contribution >= 4 is 34.7 Å². The van der Waals surface area contributed by atoms with Crippen molar-refractivity contribution in [3.05, 3.63) is 71.3 Å². The molecule has 0 saturated heterocycles. The Labute approximate surface area is 198 Å². The Morgan fingerprint density at radius 3 is 2.41 bits per heavy atom. The van der Waals surface area contributed by atoms with Crippen molar-refractivity contribution in [2.45, 2.75) is 25.8 Å². The molecule has 6 N–H and O–H groups in total. The molecule has 0 radical (unpaired) electrons. The predicted octanol–water partition coefficient (Wildman–Crippen LogP) is 4.00. The summed E-state index contributed by atoms with van der Waals surface area (Å²) in [5.74, 6) is 0.617. The van der Waals surface area contributed by atoms with Gasteiger partial charge in [0.2, 0.25) is 5.96 Å². The van der Waals surface area contributed by atoms with Crippen molar-refractivity contribution in [3.8, 4) is 12.3 Å². The van der Waals surface area contributed by atoms with E-state index in [2.05, 4.69) is 44.6 Å². The van der Waals surface area contributed by atoms with Crippen molar-refractivity contribution in [3.63, 3.8) is 0 Å². The van der Waals surface area contributed by atoms with Gasteiger partial charge in [0.25, 0.3) is 0 Å². The Balaban J connectivity index is 1.76. The minimum absolute atomic E-state index is 0.0213. The second-order valence-electron chi connectivity index (χ2n) is 7.83. The quantitative estimate of drug-likeness (QED) is 0.324. The SMILES string of the molecule is CCCCN(c1ccccc1)c1ccc(C2N=C(NC#N)Nc3nc(N)c(C#N)c(N)c32)cc1. The van der Waals surface area contributed by atoms with Crippen molar-refractivity contribution in [1.29, 1.82) is 10.5 Å². The molecule has 3 aromatic rings. The molecule has 0 saturated carbocycles. The number of nitrogens with zero attached hydrogens (tertiary/aromatic N) is 5. The molecular formula is C25H25N9. The number of nitrogens with one attached hydrogen (secondary N) is 2. The molecule has 34 heavy (non-hydrogen) atoms. The van der Waals surface area contributed by atoms with E-state index in [-0.39, 0.29) is 23.0 Å². The highest BCUT2D eigenvalue weighted by Gasteiger charge is 2.29. The van der Waals surface area contributed by atoms with Crippen LogP contribution in [0.25, 0.3) is 0 Å². The molecule has 9 nitrogen and oxygen atoms in total. The Morgan fingerprint density at radius 2 is 1.76 bits per heavy atom. The molecule has 2 heterocycles. The highest BCUT2D eigenvalue weighted by atomic mass is 15.2. The van der Waals surface area contributed by atoms with Crippen LogP contribution in [-0.2, 0) is 0 Å². The Kier molecular flexibility index (Phi) is 6.47. The number of fused-ring (bicyclic) bond motifs is 1. The number of anilines is 5. The normalized spacial score (nSPS) is 14.1. The topological polar surface area (TPSA) is 152 Å². The number of hydrogen-bond donors (Lipinski definition) is 4. The number of para-hydroxylation sites is 1. The first kappa shape index (κ1) is 22.4. The van der Waals surface area contributed by atoms with Gasteiger partial charge in [-0.1, -0.05) is 43.7 Å². The van der Waals surface area contributed by atoms with E-state index in [0.29, 0.717) is 11.4 Å². The van der Waals surface area contributed by atoms with Gasteiger partial charge in [-0.25, -0.2) is 9.98 Å². The zero-order valence-corrected chi connectivity index (χ0v) is 18.8. The molecule has 1 aromatic heterocycles. The van der Waals surface area contributed by atoms with Crippen molar-refractivity contribution in [1.82, 2.24) is 10.3 Å². The fourth-order valence-electron chi connectivity index (χ4n) is 3.99. The summed E-state index contributed by atoms with van der Waals surface area (Å²) < 4.78 is 0. The minimum atomic E-state index is -0.567. The Hall–Kier alpha value is -4.76. The highest BCUT2D eigenvalue weighted by molar-refractivity contribution is 5.98. The third-order valence-corrected chi connectivity index (χ3v) is 5.68. The number of nitriles is 2. The Morgan fingerprint density at radius 1 is 1.06 bits per heavy atom. The van der Waals surface area contributed by atoms with Crippen molar-refractivity contribution in [2.75, 3.05) is 28.2 Å². The Bertz CT molecular complexity index is 1290. The van der Waals surface area contributed by atoms with Gasteiger partial charge < -0.3 is 21.7 Å². The van der Waals surface area contributed by atoms with Gasteiger partial charge in [0.1, 0.15) is 29.3 Å². The molecule has 1 atom stereocenters. The molecule has 0 amide bonds. The molecule has 2 aromatic carbocycles. The average Bonchev–Trinajstić information content (AvgIpc) is 2.85. The maximum absolute atomic E-state index is 9.50. The summed E-state index contributed by atoms with van der Waals surface area (Å²) in [5, 5.41) is 24.0. The van der Waals surface area contributed by atoms with Gasteiger partial charge in [0.15, 0.2) is 6.19 Å². The molecule has 1 unspecified atom stereocenters. The smallest absolute Gasteiger partial charge is 0.211 e. The number of nitrogen functional groups attached to an aromatic ring is 2. The van der Waals surface area contributed by atoms with Crippen LogP contribution in [0, 0.1) is 22.8 Å². The van der Waals surface area contributed by atoms with Crippen LogP contribution in [0.5, 0.6) is 0 Å². The molecule has 0 spiro atoms. The number of rotatable bonds is 6. The van der Waals surface area contributed by atoms with Gasteiger partial charge in [0.05, 0.1) is 5.69 Å². The molecule has 170 valence electrons. The van der Waals surface area contributed by atoms with E-state index in [1.807, 2.05) is 54.7 Å². The summed E-state index contributed by atoms with van der Waals surface area (Å²) in [4.78, 5) is 11.2. The van der Waals surface area contributed by atoms with E-state index in [9.17, 15) is 5.26 Å². The van der Waals surface area contributed by atoms with Crippen LogP contribution in [0.15, 0.2) is 59.6 Å². The number of unbranched alkanes of at least 4 members (excludes halogenated alkanes) is 1. The number of hydrogen-bond acceptors (Lipinski definition) is 9. The van der Waals surface area contributed by atoms with Crippen LogP contribution in [0.1, 0.15) is 42.5 Å². The summed E-state index contributed by atoms with van der Waals surface area (Å²) in [6.07, 6.45) is 4.01. The van der Waals surface area contributed by atoms with Crippen LogP contribution >= 0.6 is 0 Å². The number of benzene rings is 2. The first-order chi connectivity index (χ1) is 16.6. The van der Waals surface area contributed by atoms with E-state index in [1.54, 1.807) is 0 Å². The summed E-state index contributed by atoms with van der Waals surface area (Å²) in [7, 11) is 0. The van der Waals surface area contributed by atoms with E-state index < -0.39 is 6.04 Å². The summed E-state index contributed by atoms with van der Waals surface area (Å²) >= 11 is 0. The summed E-state index contributed by atoms with van der Waals surface area (Å²) in [6.45, 7) is 3.07. The molecule has 0 bridgehead atoms. The van der Waals surface area contributed by atoms with Crippen LogP contribution in [0.2, 0.25) is 0 Å². The number of pyridine rings is 1. The van der Waals surface area contributed by atoms with Gasteiger partial charge in [-0.15, -0.1) is 0 Å². The van der Waals surface area contributed by atoms with E-state index >= 15 is 0 Å². The fraction of sp³-hybridized carbons (Fsp3) is 0.200. The largest absolute Gasteiger partial charge is 0.397 e. The van der Waals surface area contributed by atoms with Crippen molar-refractivity contribution < 1.29 is 0 Å². The van der Waals surface area contributed by atoms with Gasteiger partial charge >= 0.3 is 0 Å². The van der Waals surface area contributed by atoms with Gasteiger partial charge in [-0.05, 0) is 36.2 Å². The second kappa shape index (κ2) is 9.80. The number of guanidine groups is 1. The van der Waals surface area contributed by atoms with E-state index in [4.69, 9.17) is 16.7 Å². The maximum Gasteiger partial charge on any atom is 0.211 e. The monoisotopic (exact) mass is 451 g/mol. The highest BCUT2D eigenvalue weighted by Crippen LogP contribution is 2.41. The second-order valence-corrected chi connectivity index (χ2v) is 7.83. The lowest BCUT2D eigenvalue weighted by molar-refractivity contribution is 0.785. The summed E-state index contributed by atoms with van der Waals surface area (Å²) in [5.41, 5.74) is 16.2. The number of aliphatic imine (C=N–C) groups is 1. The molecular weight excluding hydrogens is 426 g/mol. The predicted molar refractivity (Wildman–Crippen MR) is 134 cm³/mol. The van der Waals surface area contributed by atoms with E-state index in [0.717, 1.165) is 36.3 Å². The molecule has 9 heteroatoms. The molecule has 1 aliphatic heterocycles. The zero-order valence-electron chi connectivity index (χ0n) is 18.8. The van der Waals surface area contributed by atoms with Crippen LogP contribution in [-0.4, -0.2) is 17.5 Å². The fourth-order valence-corrected chi connectivity index (χ4v) is 3.99. The van der Waals surface area contributed by atoms with Crippen LogP contribution in [0.4, 0.5) is 28.7 Å². The maximum atomic E-state index is 9.50. The minimum Gasteiger partial charge on any atom is -0.397 e. The first-order valence-electron chi connectivity index (χ1n) is 11.0. The number of aromatic nitrogens is 1. The zero-order chi connectivity index (χ0) is 24.1. The molecule has 0 aliphatic carbocycles.